The van der Waals surface area contributed by atoms with Gasteiger partial charge < -0.3 is 9.15 Å². The van der Waals surface area contributed by atoms with E-state index < -0.39 is 0 Å². The molecular weight excluding hydrogens is 703 g/mol. The minimum atomic E-state index is 0. The summed E-state index contributed by atoms with van der Waals surface area (Å²) in [6.45, 7) is 2.65. The molecule has 4 rings (SSSR count). The van der Waals surface area contributed by atoms with E-state index in [4.69, 9.17) is 18.3 Å². The predicted molar refractivity (Wildman–Crippen MR) is 150 cm³/mol. The van der Waals surface area contributed by atoms with Crippen molar-refractivity contribution in [2.75, 3.05) is 13.7 Å². The van der Waals surface area contributed by atoms with E-state index in [1.165, 1.54) is 12.5 Å². The van der Waals surface area contributed by atoms with E-state index in [1.54, 1.807) is 56.6 Å². The van der Waals surface area contributed by atoms with Gasteiger partial charge in [0.05, 0.1) is 24.4 Å². The smallest absolute Gasteiger partial charge is 0.227 e. The largest absolute Gasteiger partial charge is 0.444 e. The van der Waals surface area contributed by atoms with Crippen molar-refractivity contribution in [1.29, 1.82) is 0 Å². The minimum Gasteiger partial charge on any atom is -0.444 e. The van der Waals surface area contributed by atoms with Crippen molar-refractivity contribution in [3.8, 4) is 11.5 Å². The number of halogens is 6. The number of hydrogen-bond acceptors (Lipinski definition) is 8. The van der Waals surface area contributed by atoms with Crippen LogP contribution >= 0.6 is 47.8 Å². The fraction of sp³-hybridized carbons (Fsp3) is 0.167. The zero-order chi connectivity index (χ0) is 27.5. The van der Waals surface area contributed by atoms with Gasteiger partial charge in [-0.05, 0) is 72.9 Å². The Morgan fingerprint density at radius 2 is 1.50 bits per heavy atom. The first-order valence-corrected chi connectivity index (χ1v) is 12.6. The van der Waals surface area contributed by atoms with Gasteiger partial charge >= 0.3 is 0 Å². The number of aliphatic imine (C=N–C) groups is 1. The number of aromatic nitrogens is 4. The predicted octanol–water partition coefficient (Wildman–Crippen LogP) is 7.45. The molecule has 0 bridgehead atoms. The summed E-state index contributed by atoms with van der Waals surface area (Å²) in [5, 5.41) is 0. The van der Waals surface area contributed by atoms with Gasteiger partial charge in [0.2, 0.25) is 5.89 Å². The number of methoxy groups -OCH3 is 1. The van der Waals surface area contributed by atoms with Crippen LogP contribution in [-0.4, -0.2) is 52.2 Å². The lowest BCUT2D eigenvalue weighted by atomic mass is 10.3. The number of aldehydes is 1. The van der Waals surface area contributed by atoms with Crippen molar-refractivity contribution >= 4 is 60.3 Å². The molecular formula is C24H23Br3F3N5O3. The molecule has 4 heterocycles. The number of oxazole rings is 1. The van der Waals surface area contributed by atoms with Crippen LogP contribution < -0.4 is 0 Å². The molecule has 38 heavy (non-hydrogen) atoms. The highest BCUT2D eigenvalue weighted by Gasteiger charge is 2.01. The molecule has 0 aliphatic heterocycles. The lowest BCUT2D eigenvalue weighted by molar-refractivity contribution is 0.108. The Bertz CT molecular complexity index is 1220. The first-order chi connectivity index (χ1) is 17.9. The van der Waals surface area contributed by atoms with Crippen LogP contribution in [0.1, 0.15) is 22.8 Å². The van der Waals surface area contributed by atoms with Crippen molar-refractivity contribution < 1.29 is 27.8 Å². The van der Waals surface area contributed by atoms with E-state index in [-0.39, 0.29) is 10.8 Å². The van der Waals surface area contributed by atoms with Crippen molar-refractivity contribution in [3.05, 3.63) is 92.4 Å². The second kappa shape index (κ2) is 21.2. The highest BCUT2D eigenvalue weighted by atomic mass is 79.9. The number of rotatable bonds is 6. The van der Waals surface area contributed by atoms with E-state index in [9.17, 15) is 4.79 Å². The van der Waals surface area contributed by atoms with Gasteiger partial charge in [-0.2, -0.15) is 0 Å². The molecule has 0 saturated heterocycles. The third kappa shape index (κ3) is 14.8. The standard InChI is InChI=1S/C10H13BrN2O.C8H5BrN2O.C6H4BrNO.F2.FH/c1-8(14-2)4-12-5-9-3-10(11)7-13-6-9;9-7-3-6(4-10-5-7)8-11-1-2-12-8;7-6-1-5(4-9)2-8-3-6;1-2;/h3,5-8H,4H2,1-2H3;1-5H;1-4H;;1H. The van der Waals surface area contributed by atoms with Crippen LogP contribution in [0.3, 0.4) is 0 Å². The summed E-state index contributed by atoms with van der Waals surface area (Å²) in [5.41, 5.74) is 2.45. The van der Waals surface area contributed by atoms with Crippen LogP contribution in [0.5, 0.6) is 0 Å². The van der Waals surface area contributed by atoms with Crippen molar-refractivity contribution in [1.82, 2.24) is 19.9 Å². The van der Waals surface area contributed by atoms with Gasteiger partial charge in [-0.3, -0.25) is 29.4 Å². The van der Waals surface area contributed by atoms with E-state index in [0.717, 1.165) is 30.8 Å². The zero-order valence-electron chi connectivity index (χ0n) is 20.0. The second-order valence-electron chi connectivity index (χ2n) is 6.76. The first kappa shape index (κ1) is 35.2. The maximum atomic E-state index is 10.1. The molecule has 0 fully saturated rings. The van der Waals surface area contributed by atoms with Gasteiger partial charge in [0, 0.05) is 84.2 Å². The molecule has 1 unspecified atom stereocenters. The molecule has 204 valence electrons. The summed E-state index contributed by atoms with van der Waals surface area (Å²) in [6, 6.07) is 5.58. The second-order valence-corrected chi connectivity index (χ2v) is 9.51. The average molecular weight is 726 g/mol. The molecule has 0 amide bonds. The molecule has 0 spiro atoms. The molecule has 4 aromatic rings. The topological polar surface area (TPSA) is 103 Å². The van der Waals surface area contributed by atoms with Crippen LogP contribution in [0.4, 0.5) is 13.9 Å². The van der Waals surface area contributed by atoms with Crippen LogP contribution in [0, 0.1) is 0 Å². The average Bonchev–Trinajstić information content (AvgIpc) is 3.46. The van der Waals surface area contributed by atoms with E-state index in [1.807, 2.05) is 19.1 Å². The monoisotopic (exact) mass is 723 g/mol. The Balaban J connectivity index is 0.000000526. The molecule has 0 N–H and O–H groups in total. The number of hydrogen-bond donors (Lipinski definition) is 0. The van der Waals surface area contributed by atoms with Crippen molar-refractivity contribution in [2.24, 2.45) is 4.99 Å². The Kier molecular flexibility index (Phi) is 19.6. The fourth-order valence-electron chi connectivity index (χ4n) is 2.27. The molecule has 14 heteroatoms. The maximum Gasteiger partial charge on any atom is 0.227 e. The van der Waals surface area contributed by atoms with Crippen molar-refractivity contribution in [3.63, 3.8) is 0 Å². The molecule has 0 aliphatic rings. The van der Waals surface area contributed by atoms with E-state index in [2.05, 4.69) is 72.7 Å². The van der Waals surface area contributed by atoms with Gasteiger partial charge in [0.25, 0.3) is 0 Å². The zero-order valence-corrected chi connectivity index (χ0v) is 24.8. The highest BCUT2D eigenvalue weighted by Crippen LogP contribution is 2.19. The molecule has 8 nitrogen and oxygen atoms in total. The summed E-state index contributed by atoms with van der Waals surface area (Å²) in [4.78, 5) is 30.1. The van der Waals surface area contributed by atoms with Gasteiger partial charge in [-0.1, -0.05) is 0 Å². The third-order valence-electron chi connectivity index (χ3n) is 3.98. The normalized spacial score (nSPS) is 10.4. The van der Waals surface area contributed by atoms with Gasteiger partial charge in [-0.25, -0.2) is 4.98 Å². The van der Waals surface area contributed by atoms with E-state index in [0.29, 0.717) is 18.0 Å². The third-order valence-corrected chi connectivity index (χ3v) is 5.28. The summed E-state index contributed by atoms with van der Waals surface area (Å²) in [5.74, 6) is 0.587. The lowest BCUT2D eigenvalue weighted by Crippen LogP contribution is -2.08. The first-order valence-electron chi connectivity index (χ1n) is 10.2. The van der Waals surface area contributed by atoms with E-state index >= 15 is 0 Å². The van der Waals surface area contributed by atoms with Crippen LogP contribution in [0.2, 0.25) is 0 Å². The number of carbonyl (C=O) groups excluding carboxylic acids is 1. The Labute approximate surface area is 242 Å². The summed E-state index contributed by atoms with van der Waals surface area (Å²) in [7, 11) is 1.68. The van der Waals surface area contributed by atoms with Crippen LogP contribution in [-0.2, 0) is 4.74 Å². The lowest BCUT2D eigenvalue weighted by Gasteiger charge is -2.03. The molecule has 4 aromatic heterocycles. The Morgan fingerprint density at radius 1 is 0.947 bits per heavy atom. The summed E-state index contributed by atoms with van der Waals surface area (Å²) < 4.78 is 28.9. The molecule has 0 radical (unpaired) electrons. The van der Waals surface area contributed by atoms with Gasteiger partial charge in [0.1, 0.15) is 6.26 Å². The Morgan fingerprint density at radius 3 is 1.97 bits per heavy atom. The maximum absolute atomic E-state index is 10.1. The van der Waals surface area contributed by atoms with Gasteiger partial charge in [-0.15, -0.1) is 0 Å². The fourth-order valence-corrected chi connectivity index (χ4v) is 3.40. The number of ether oxygens (including phenoxy) is 1. The highest BCUT2D eigenvalue weighted by molar-refractivity contribution is 9.11. The number of nitrogens with zero attached hydrogens (tertiary/aromatic N) is 5. The molecule has 0 aromatic carbocycles. The van der Waals surface area contributed by atoms with Crippen LogP contribution in [0.25, 0.3) is 11.5 Å². The van der Waals surface area contributed by atoms with Gasteiger partial charge in [0.15, 0.2) is 6.29 Å². The molecule has 0 aliphatic carbocycles. The number of pyridine rings is 3. The van der Waals surface area contributed by atoms with Crippen LogP contribution in [0.15, 0.2) is 90.7 Å². The molecule has 0 saturated carbocycles. The Hall–Kier alpha value is -2.81. The van der Waals surface area contributed by atoms with Crippen molar-refractivity contribution in [2.45, 2.75) is 13.0 Å². The quantitative estimate of drug-likeness (QED) is 0.150. The SMILES string of the molecule is Brc1cncc(-c2ncco2)c1.COC(C)CN=Cc1cncc(Br)c1.F.FF.O=Cc1cncc(Br)c1. The number of carbonyl (C=O) groups is 1. The molecule has 1 atom stereocenters. The minimum absolute atomic E-state index is 0. The summed E-state index contributed by atoms with van der Waals surface area (Å²) >= 11 is 9.85. The summed E-state index contributed by atoms with van der Waals surface area (Å²) in [6.07, 6.45) is 15.9.